The predicted molar refractivity (Wildman–Crippen MR) is 312 cm³/mol. The molecule has 10 aromatic carbocycles. The highest BCUT2D eigenvalue weighted by atomic mass is 15.2. The SMILES string of the molecule is C=C\C=C/C(=C\C)C(=C/C)/C(=C\C=C)N(c1ccccc1)c1ccc2cc3c(cc2c1)C1(c2ccccc2-c2ccccc21)c1cc(N(c2ccccc2)c2ccccc2-c2ccccc2)c2ccccc2c1-3. The highest BCUT2D eigenvalue weighted by molar-refractivity contribution is 6.14. The van der Waals surface area contributed by atoms with Gasteiger partial charge in [0.1, 0.15) is 0 Å². The van der Waals surface area contributed by atoms with Crippen molar-refractivity contribution in [2.45, 2.75) is 19.3 Å². The number of hydrogen-bond donors (Lipinski definition) is 0. The molecular weight excluding hydrogens is 881 g/mol. The smallest absolute Gasteiger partial charge is 0.0726 e. The minimum atomic E-state index is -0.633. The molecule has 0 radical (unpaired) electrons. The third-order valence-corrected chi connectivity index (χ3v) is 14.9. The summed E-state index contributed by atoms with van der Waals surface area (Å²) in [7, 11) is 0. The first-order valence-corrected chi connectivity index (χ1v) is 25.2. The van der Waals surface area contributed by atoms with Crippen LogP contribution in [0.15, 0.2) is 297 Å². The molecule has 2 aliphatic carbocycles. The van der Waals surface area contributed by atoms with Gasteiger partial charge in [-0.3, -0.25) is 0 Å². The van der Waals surface area contributed by atoms with Crippen LogP contribution in [0.3, 0.4) is 0 Å². The van der Waals surface area contributed by atoms with Gasteiger partial charge in [0.2, 0.25) is 0 Å². The lowest BCUT2D eigenvalue weighted by atomic mass is 9.70. The van der Waals surface area contributed by atoms with Crippen molar-refractivity contribution in [1.29, 1.82) is 0 Å². The summed E-state index contributed by atoms with van der Waals surface area (Å²) in [5, 5.41) is 4.76. The third-order valence-electron chi connectivity index (χ3n) is 14.9. The van der Waals surface area contributed by atoms with E-state index in [1.165, 1.54) is 71.8 Å². The molecule has 10 aromatic rings. The maximum absolute atomic E-state index is 4.22. The molecule has 2 heteroatoms. The second-order valence-corrected chi connectivity index (χ2v) is 18.7. The van der Waals surface area contributed by atoms with E-state index in [9.17, 15) is 0 Å². The number of para-hydroxylation sites is 3. The van der Waals surface area contributed by atoms with Crippen LogP contribution < -0.4 is 9.80 Å². The highest BCUT2D eigenvalue weighted by Crippen LogP contribution is 2.65. The maximum atomic E-state index is 4.22. The number of hydrogen-bond acceptors (Lipinski definition) is 2. The summed E-state index contributed by atoms with van der Waals surface area (Å²) in [6.45, 7) is 12.4. The molecular formula is C71H54N2. The molecule has 0 saturated carbocycles. The highest BCUT2D eigenvalue weighted by Gasteiger charge is 2.52. The van der Waals surface area contributed by atoms with Crippen molar-refractivity contribution < 1.29 is 0 Å². The fraction of sp³-hybridized carbons (Fsp3) is 0.0423. The van der Waals surface area contributed by atoms with Gasteiger partial charge in [0.15, 0.2) is 0 Å². The first-order chi connectivity index (χ1) is 36.1. The molecule has 0 atom stereocenters. The minimum absolute atomic E-state index is 0.633. The molecule has 348 valence electrons. The summed E-state index contributed by atoms with van der Waals surface area (Å²) in [5.74, 6) is 0. The van der Waals surface area contributed by atoms with Crippen LogP contribution in [0.4, 0.5) is 28.4 Å². The Balaban J connectivity index is 1.16. The fourth-order valence-corrected chi connectivity index (χ4v) is 11.9. The van der Waals surface area contributed by atoms with Crippen molar-refractivity contribution in [2.24, 2.45) is 0 Å². The first-order valence-electron chi connectivity index (χ1n) is 25.2. The lowest BCUT2D eigenvalue weighted by molar-refractivity contribution is 0.795. The van der Waals surface area contributed by atoms with Crippen molar-refractivity contribution >= 4 is 50.0 Å². The van der Waals surface area contributed by atoms with Crippen molar-refractivity contribution in [2.75, 3.05) is 9.80 Å². The van der Waals surface area contributed by atoms with Gasteiger partial charge in [-0.15, -0.1) is 0 Å². The molecule has 73 heavy (non-hydrogen) atoms. The second kappa shape index (κ2) is 18.8. The standard InChI is InChI=1S/C71H54N2/c1-5-9-28-49(7-3)56(8-4)67(27-6-2)72(53-31-15-11-16-32-53)55-44-43-51-46-62-65(47-52(51)45-55)71(63-40-24-21-36-58(63)59-37-22-25-41-64(59)71)66-48-69(60-38-19-20-39-61(60)70(62)66)73(54-33-17-12-18-34-54)68-42-26-23-35-57(68)50-29-13-10-14-30-50/h5-48H,1-2H2,3-4H3/b28-9-,49-7+,56-8-,67-27+. The van der Waals surface area contributed by atoms with Gasteiger partial charge in [-0.05, 0) is 152 Å². The maximum Gasteiger partial charge on any atom is 0.0726 e. The molecule has 0 aromatic heterocycles. The Bertz CT molecular complexity index is 3860. The molecule has 2 nitrogen and oxygen atoms in total. The van der Waals surface area contributed by atoms with Crippen LogP contribution in [-0.2, 0) is 5.41 Å². The van der Waals surface area contributed by atoms with Gasteiger partial charge < -0.3 is 9.80 Å². The summed E-state index contributed by atoms with van der Waals surface area (Å²) < 4.78 is 0. The van der Waals surface area contributed by atoms with E-state index < -0.39 is 5.41 Å². The van der Waals surface area contributed by atoms with E-state index in [1.54, 1.807) is 0 Å². The first kappa shape index (κ1) is 44.9. The number of rotatable bonds is 12. The molecule has 0 aliphatic heterocycles. The number of nitrogens with zero attached hydrogens (tertiary/aromatic N) is 2. The van der Waals surface area contributed by atoms with E-state index in [-0.39, 0.29) is 0 Å². The Labute approximate surface area is 429 Å². The van der Waals surface area contributed by atoms with Crippen LogP contribution >= 0.6 is 0 Å². The Morgan fingerprint density at radius 3 is 1.70 bits per heavy atom. The van der Waals surface area contributed by atoms with Gasteiger partial charge in [0.25, 0.3) is 0 Å². The Hall–Kier alpha value is -9.24. The lowest BCUT2D eigenvalue weighted by Gasteiger charge is -2.33. The van der Waals surface area contributed by atoms with Gasteiger partial charge in [-0.25, -0.2) is 0 Å². The molecule has 0 N–H and O–H groups in total. The van der Waals surface area contributed by atoms with E-state index in [4.69, 9.17) is 0 Å². The zero-order valence-corrected chi connectivity index (χ0v) is 41.2. The molecule has 0 saturated heterocycles. The van der Waals surface area contributed by atoms with Crippen LogP contribution in [0.2, 0.25) is 0 Å². The average Bonchev–Trinajstić information content (AvgIpc) is 3.91. The van der Waals surface area contributed by atoms with Crippen LogP contribution in [0.5, 0.6) is 0 Å². The number of fused-ring (bicyclic) bond motifs is 13. The van der Waals surface area contributed by atoms with E-state index in [0.29, 0.717) is 0 Å². The third kappa shape index (κ3) is 7.25. The minimum Gasteiger partial charge on any atom is -0.310 e. The quantitative estimate of drug-likeness (QED) is 0.113. The van der Waals surface area contributed by atoms with Gasteiger partial charge in [0.05, 0.1) is 22.5 Å². The van der Waals surface area contributed by atoms with Crippen LogP contribution in [0.25, 0.3) is 54.9 Å². The van der Waals surface area contributed by atoms with E-state index in [1.807, 2.05) is 18.2 Å². The monoisotopic (exact) mass is 934 g/mol. The normalized spacial score (nSPS) is 13.5. The molecule has 0 amide bonds. The van der Waals surface area contributed by atoms with Crippen LogP contribution in [0.1, 0.15) is 36.1 Å². The molecule has 1 spiro atoms. The van der Waals surface area contributed by atoms with Crippen molar-refractivity contribution in [1.82, 2.24) is 0 Å². The predicted octanol–water partition coefficient (Wildman–Crippen LogP) is 19.3. The van der Waals surface area contributed by atoms with Crippen molar-refractivity contribution in [3.63, 3.8) is 0 Å². The van der Waals surface area contributed by atoms with Crippen LogP contribution in [0, 0.1) is 0 Å². The summed E-state index contributed by atoms with van der Waals surface area (Å²) in [4.78, 5) is 4.86. The van der Waals surface area contributed by atoms with Gasteiger partial charge in [0, 0.05) is 33.6 Å². The van der Waals surface area contributed by atoms with E-state index in [2.05, 4.69) is 286 Å². The van der Waals surface area contributed by atoms with Gasteiger partial charge >= 0.3 is 0 Å². The number of anilines is 5. The number of benzene rings is 10. The molecule has 0 bridgehead atoms. The van der Waals surface area contributed by atoms with Crippen LogP contribution in [-0.4, -0.2) is 0 Å². The molecule has 2 aliphatic rings. The topological polar surface area (TPSA) is 6.48 Å². The van der Waals surface area contributed by atoms with E-state index >= 15 is 0 Å². The summed E-state index contributed by atoms with van der Waals surface area (Å²) in [6.07, 6.45) is 14.3. The average molecular weight is 935 g/mol. The zero-order chi connectivity index (χ0) is 49.5. The Morgan fingerprint density at radius 2 is 1.04 bits per heavy atom. The largest absolute Gasteiger partial charge is 0.310 e. The van der Waals surface area contributed by atoms with Gasteiger partial charge in [-0.2, -0.15) is 0 Å². The molecule has 0 fully saturated rings. The Kier molecular flexibility index (Phi) is 11.6. The van der Waals surface area contributed by atoms with E-state index in [0.717, 1.165) is 50.7 Å². The lowest BCUT2D eigenvalue weighted by Crippen LogP contribution is -2.26. The summed E-state index contributed by atoms with van der Waals surface area (Å²) in [6, 6.07) is 83.0. The zero-order valence-electron chi connectivity index (χ0n) is 41.2. The Morgan fingerprint density at radius 1 is 0.438 bits per heavy atom. The molecule has 12 rings (SSSR count). The summed E-state index contributed by atoms with van der Waals surface area (Å²) in [5.41, 5.74) is 20.6. The fourth-order valence-electron chi connectivity index (χ4n) is 11.9. The van der Waals surface area contributed by atoms with Crippen molar-refractivity contribution in [3.05, 3.63) is 319 Å². The summed E-state index contributed by atoms with van der Waals surface area (Å²) >= 11 is 0. The number of allylic oxidation sites excluding steroid dienone is 8. The van der Waals surface area contributed by atoms with Gasteiger partial charge in [-0.1, -0.05) is 213 Å². The van der Waals surface area contributed by atoms with Crippen molar-refractivity contribution in [3.8, 4) is 33.4 Å². The second-order valence-electron chi connectivity index (χ2n) is 18.7. The molecule has 0 heterocycles. The molecule has 0 unspecified atom stereocenters.